The van der Waals surface area contributed by atoms with Crippen molar-refractivity contribution in [1.29, 1.82) is 0 Å². The SMILES string of the molecule is CC(CCNC(=O)NC1CC(C)(C)OC1(C)C)S(C)=O. The molecule has 0 spiro atoms. The largest absolute Gasteiger partial charge is 0.367 e. The number of hydrogen-bond acceptors (Lipinski definition) is 3. The van der Waals surface area contributed by atoms with Gasteiger partial charge < -0.3 is 15.4 Å². The molecule has 118 valence electrons. The van der Waals surface area contributed by atoms with E-state index in [-0.39, 0.29) is 28.5 Å². The lowest BCUT2D eigenvalue weighted by atomic mass is 9.95. The molecule has 0 saturated carbocycles. The van der Waals surface area contributed by atoms with Gasteiger partial charge in [0.1, 0.15) is 0 Å². The van der Waals surface area contributed by atoms with Crippen molar-refractivity contribution in [2.75, 3.05) is 12.8 Å². The van der Waals surface area contributed by atoms with Crippen LogP contribution in [-0.2, 0) is 15.5 Å². The predicted molar refractivity (Wildman–Crippen MR) is 82.3 cm³/mol. The highest BCUT2D eigenvalue weighted by atomic mass is 32.2. The number of urea groups is 1. The van der Waals surface area contributed by atoms with Gasteiger partial charge in [-0.3, -0.25) is 4.21 Å². The molecule has 0 aromatic rings. The zero-order chi connectivity index (χ0) is 15.6. The zero-order valence-corrected chi connectivity index (χ0v) is 14.2. The van der Waals surface area contributed by atoms with E-state index in [0.29, 0.717) is 13.0 Å². The number of carbonyl (C=O) groups is 1. The Morgan fingerprint density at radius 2 is 2.00 bits per heavy atom. The molecule has 0 aromatic carbocycles. The van der Waals surface area contributed by atoms with E-state index in [2.05, 4.69) is 10.6 Å². The average molecular weight is 304 g/mol. The summed E-state index contributed by atoms with van der Waals surface area (Å²) in [7, 11) is -0.844. The van der Waals surface area contributed by atoms with Gasteiger partial charge in [-0.25, -0.2) is 4.79 Å². The minimum Gasteiger partial charge on any atom is -0.367 e. The number of ether oxygens (including phenoxy) is 1. The van der Waals surface area contributed by atoms with Gasteiger partial charge in [-0.05, 0) is 40.5 Å². The summed E-state index contributed by atoms with van der Waals surface area (Å²) < 4.78 is 17.2. The molecule has 3 atom stereocenters. The summed E-state index contributed by atoms with van der Waals surface area (Å²) in [6.07, 6.45) is 3.20. The lowest BCUT2D eigenvalue weighted by molar-refractivity contribution is -0.0690. The Hall–Kier alpha value is -0.620. The van der Waals surface area contributed by atoms with Crippen LogP contribution in [0.25, 0.3) is 0 Å². The molecule has 20 heavy (non-hydrogen) atoms. The topological polar surface area (TPSA) is 67.4 Å². The minimum absolute atomic E-state index is 0.00442. The maximum Gasteiger partial charge on any atom is 0.315 e. The second-order valence-electron chi connectivity index (χ2n) is 6.72. The molecule has 0 radical (unpaired) electrons. The molecular formula is C14H28N2O3S. The molecule has 1 saturated heterocycles. The summed E-state index contributed by atoms with van der Waals surface area (Å²) in [6, 6.07) is -0.186. The molecule has 1 aliphatic heterocycles. The summed E-state index contributed by atoms with van der Waals surface area (Å²) in [5.41, 5.74) is -0.575. The molecule has 0 bridgehead atoms. The molecular weight excluding hydrogens is 276 g/mol. The van der Waals surface area contributed by atoms with E-state index in [0.717, 1.165) is 6.42 Å². The van der Waals surface area contributed by atoms with Crippen LogP contribution in [0, 0.1) is 0 Å². The van der Waals surface area contributed by atoms with Crippen molar-refractivity contribution >= 4 is 16.8 Å². The van der Waals surface area contributed by atoms with E-state index < -0.39 is 10.8 Å². The van der Waals surface area contributed by atoms with Gasteiger partial charge in [0.2, 0.25) is 0 Å². The van der Waals surface area contributed by atoms with Crippen LogP contribution in [0.4, 0.5) is 4.79 Å². The van der Waals surface area contributed by atoms with Crippen molar-refractivity contribution in [2.24, 2.45) is 0 Å². The van der Waals surface area contributed by atoms with E-state index in [1.165, 1.54) is 0 Å². The third kappa shape index (κ3) is 5.05. The van der Waals surface area contributed by atoms with Crippen LogP contribution in [0.1, 0.15) is 47.5 Å². The molecule has 5 nitrogen and oxygen atoms in total. The van der Waals surface area contributed by atoms with Crippen LogP contribution >= 0.6 is 0 Å². The van der Waals surface area contributed by atoms with Crippen LogP contribution < -0.4 is 10.6 Å². The molecule has 6 heteroatoms. The van der Waals surface area contributed by atoms with Gasteiger partial charge in [-0.15, -0.1) is 0 Å². The second-order valence-corrected chi connectivity index (χ2v) is 8.52. The van der Waals surface area contributed by atoms with Gasteiger partial charge in [-0.2, -0.15) is 0 Å². The third-order valence-corrected chi connectivity index (χ3v) is 5.15. The van der Waals surface area contributed by atoms with E-state index >= 15 is 0 Å². The summed E-state index contributed by atoms with van der Waals surface area (Å²) in [6.45, 7) is 10.5. The molecule has 3 unspecified atom stereocenters. The maximum absolute atomic E-state index is 11.9. The van der Waals surface area contributed by atoms with Crippen LogP contribution in [0.15, 0.2) is 0 Å². The minimum atomic E-state index is -0.844. The molecule has 0 aliphatic carbocycles. The van der Waals surface area contributed by atoms with Gasteiger partial charge in [0, 0.05) is 28.9 Å². The van der Waals surface area contributed by atoms with Gasteiger partial charge in [0.15, 0.2) is 0 Å². The number of amides is 2. The average Bonchev–Trinajstić information content (AvgIpc) is 2.45. The van der Waals surface area contributed by atoms with Crippen molar-refractivity contribution in [3.63, 3.8) is 0 Å². The Morgan fingerprint density at radius 3 is 2.45 bits per heavy atom. The van der Waals surface area contributed by atoms with Crippen LogP contribution in [0.3, 0.4) is 0 Å². The van der Waals surface area contributed by atoms with Crippen molar-refractivity contribution in [1.82, 2.24) is 10.6 Å². The Bertz CT molecular complexity index is 383. The molecule has 2 N–H and O–H groups in total. The summed E-state index contributed by atoms with van der Waals surface area (Å²) in [4.78, 5) is 11.9. The van der Waals surface area contributed by atoms with Gasteiger partial charge in [0.25, 0.3) is 0 Å². The first-order chi connectivity index (χ1) is 9.03. The van der Waals surface area contributed by atoms with E-state index in [1.54, 1.807) is 6.26 Å². The normalized spacial score (nSPS) is 26.8. The third-order valence-electron chi connectivity index (χ3n) is 3.78. The first-order valence-corrected chi connectivity index (χ1v) is 8.72. The zero-order valence-electron chi connectivity index (χ0n) is 13.4. The maximum atomic E-state index is 11.9. The summed E-state index contributed by atoms with van der Waals surface area (Å²) in [5.74, 6) is 0. The fourth-order valence-electron chi connectivity index (χ4n) is 2.55. The molecule has 1 fully saturated rings. The van der Waals surface area contributed by atoms with Crippen molar-refractivity contribution < 1.29 is 13.7 Å². The first-order valence-electron chi connectivity index (χ1n) is 7.10. The lowest BCUT2D eigenvalue weighted by Crippen LogP contribution is -2.50. The van der Waals surface area contributed by atoms with Crippen molar-refractivity contribution in [2.45, 2.75) is 70.0 Å². The fraction of sp³-hybridized carbons (Fsp3) is 0.929. The summed E-state index contributed by atoms with van der Waals surface area (Å²) in [5, 5.41) is 5.89. The highest BCUT2D eigenvalue weighted by Gasteiger charge is 2.46. The van der Waals surface area contributed by atoms with Gasteiger partial charge in [-0.1, -0.05) is 6.92 Å². The predicted octanol–water partition coefficient (Wildman–Crippen LogP) is 1.79. The Labute approximate surface area is 124 Å². The summed E-state index contributed by atoms with van der Waals surface area (Å²) >= 11 is 0. The van der Waals surface area contributed by atoms with Gasteiger partial charge in [0.05, 0.1) is 17.2 Å². The number of hydrogen-bond donors (Lipinski definition) is 2. The monoisotopic (exact) mass is 304 g/mol. The highest BCUT2D eigenvalue weighted by molar-refractivity contribution is 7.84. The standard InChI is InChI=1S/C14H28N2O3S/c1-10(20(6)18)7-8-15-12(17)16-11-9-13(2,3)19-14(11,4)5/h10-11H,7-9H2,1-6H3,(H2,15,16,17). The lowest BCUT2D eigenvalue weighted by Gasteiger charge is -2.27. The van der Waals surface area contributed by atoms with Crippen molar-refractivity contribution in [3.05, 3.63) is 0 Å². The smallest absolute Gasteiger partial charge is 0.315 e. The van der Waals surface area contributed by atoms with Crippen molar-refractivity contribution in [3.8, 4) is 0 Å². The number of carbonyl (C=O) groups excluding carboxylic acids is 1. The Kier molecular flexibility index (Phi) is 5.61. The van der Waals surface area contributed by atoms with E-state index in [4.69, 9.17) is 4.74 Å². The van der Waals surface area contributed by atoms with E-state index in [9.17, 15) is 9.00 Å². The molecule has 2 amide bonds. The molecule has 1 aliphatic rings. The Morgan fingerprint density at radius 1 is 1.40 bits per heavy atom. The molecule has 1 heterocycles. The van der Waals surface area contributed by atoms with Crippen LogP contribution in [-0.4, -0.2) is 45.5 Å². The Balaban J connectivity index is 2.38. The number of rotatable bonds is 5. The molecule has 0 aromatic heterocycles. The van der Waals surface area contributed by atoms with E-state index in [1.807, 2.05) is 34.6 Å². The highest BCUT2D eigenvalue weighted by Crippen LogP contribution is 2.37. The van der Waals surface area contributed by atoms with Crippen LogP contribution in [0.2, 0.25) is 0 Å². The quantitative estimate of drug-likeness (QED) is 0.813. The number of nitrogens with one attached hydrogen (secondary N) is 2. The first kappa shape index (κ1) is 17.4. The fourth-order valence-corrected chi connectivity index (χ4v) is 3.00. The van der Waals surface area contributed by atoms with Crippen LogP contribution in [0.5, 0.6) is 0 Å². The second kappa shape index (κ2) is 6.43. The molecule has 1 rings (SSSR count). The van der Waals surface area contributed by atoms with Gasteiger partial charge >= 0.3 is 6.03 Å².